The fraction of sp³-hybridized carbons (Fsp3) is 0.524. The number of piperazine rings is 1. The van der Waals surface area contributed by atoms with Crippen molar-refractivity contribution in [2.45, 2.75) is 32.7 Å². The minimum Gasteiger partial charge on any atom is -0.508 e. The summed E-state index contributed by atoms with van der Waals surface area (Å²) in [6.07, 6.45) is 2.91. The Morgan fingerprint density at radius 1 is 1.00 bits per heavy atom. The van der Waals surface area contributed by atoms with Crippen molar-refractivity contribution in [2.24, 2.45) is 0 Å². The van der Waals surface area contributed by atoms with E-state index in [-0.39, 0.29) is 11.8 Å². The van der Waals surface area contributed by atoms with Gasteiger partial charge in [0.1, 0.15) is 11.3 Å². The number of fused-ring (bicyclic) bond motifs is 1. The van der Waals surface area contributed by atoms with Crippen molar-refractivity contribution in [1.29, 1.82) is 0 Å². The van der Waals surface area contributed by atoms with Crippen LogP contribution in [0, 0.1) is 0 Å². The summed E-state index contributed by atoms with van der Waals surface area (Å²) in [6, 6.07) is 5.15. The normalized spacial score (nSPS) is 18.2. The molecular weight excluding hydrogens is 358 g/mol. The zero-order valence-electron chi connectivity index (χ0n) is 16.3. The summed E-state index contributed by atoms with van der Waals surface area (Å²) in [7, 11) is 0. The number of hydrogen-bond acceptors (Lipinski definition) is 5. The molecule has 1 aromatic heterocycles. The summed E-state index contributed by atoms with van der Waals surface area (Å²) >= 11 is 0. The topological polar surface area (TPSA) is 77.2 Å². The quantitative estimate of drug-likeness (QED) is 0.821. The molecule has 0 unspecified atom stereocenters. The number of aryl methyl sites for hydroxylation is 1. The van der Waals surface area contributed by atoms with Gasteiger partial charge in [-0.15, -0.1) is 0 Å². The Bertz CT molecular complexity index is 925. The fourth-order valence-electron chi connectivity index (χ4n) is 4.17. The van der Waals surface area contributed by atoms with Gasteiger partial charge in [-0.05, 0) is 36.5 Å². The second-order valence-corrected chi connectivity index (χ2v) is 7.66. The Balaban J connectivity index is 1.48. The van der Waals surface area contributed by atoms with E-state index < -0.39 is 5.63 Å². The maximum Gasteiger partial charge on any atom is 0.336 e. The van der Waals surface area contributed by atoms with Crippen molar-refractivity contribution in [3.8, 4) is 5.75 Å². The lowest BCUT2D eigenvalue weighted by Crippen LogP contribution is -2.52. The highest BCUT2D eigenvalue weighted by Crippen LogP contribution is 2.27. The molecule has 2 aromatic rings. The van der Waals surface area contributed by atoms with Crippen molar-refractivity contribution in [2.75, 3.05) is 39.3 Å². The van der Waals surface area contributed by atoms with Gasteiger partial charge in [0, 0.05) is 63.3 Å². The number of phenolic OH excluding ortho intramolecular Hbond substituents is 1. The Morgan fingerprint density at radius 3 is 2.36 bits per heavy atom. The van der Waals surface area contributed by atoms with Gasteiger partial charge in [-0.3, -0.25) is 4.90 Å². The lowest BCUT2D eigenvalue weighted by atomic mass is 10.0. The van der Waals surface area contributed by atoms with Crippen molar-refractivity contribution < 1.29 is 14.3 Å². The van der Waals surface area contributed by atoms with Gasteiger partial charge in [0.15, 0.2) is 0 Å². The number of aromatic hydroxyl groups is 1. The number of nitrogens with zero attached hydrogens (tertiary/aromatic N) is 3. The molecule has 7 nitrogen and oxygen atoms in total. The van der Waals surface area contributed by atoms with Crippen LogP contribution in [0.25, 0.3) is 11.0 Å². The third kappa shape index (κ3) is 3.71. The molecule has 7 heteroatoms. The van der Waals surface area contributed by atoms with Gasteiger partial charge in [-0.2, -0.15) is 0 Å². The number of hydrogen-bond donors (Lipinski definition) is 1. The standard InChI is InChI=1S/C21H27N3O4/c1-2-15-11-17-16(12-20(26)28-19(17)13-18(15)25)14-22-7-9-24(10-8-22)21(27)23-5-3-4-6-23/h11-13,25H,2-10,14H2,1H3. The molecule has 2 fully saturated rings. The molecule has 0 spiro atoms. The lowest BCUT2D eigenvalue weighted by molar-refractivity contribution is 0.115. The fourth-order valence-corrected chi connectivity index (χ4v) is 4.17. The van der Waals surface area contributed by atoms with Gasteiger partial charge in [0.05, 0.1) is 0 Å². The second-order valence-electron chi connectivity index (χ2n) is 7.66. The first kappa shape index (κ1) is 18.8. The predicted molar refractivity (Wildman–Crippen MR) is 107 cm³/mol. The van der Waals surface area contributed by atoms with Gasteiger partial charge in [-0.25, -0.2) is 9.59 Å². The van der Waals surface area contributed by atoms with Crippen LogP contribution in [0.4, 0.5) is 4.79 Å². The van der Waals surface area contributed by atoms with Gasteiger partial charge in [0.25, 0.3) is 0 Å². The molecule has 4 rings (SSSR count). The van der Waals surface area contributed by atoms with E-state index >= 15 is 0 Å². The summed E-state index contributed by atoms with van der Waals surface area (Å²) in [6.45, 7) is 7.32. The van der Waals surface area contributed by atoms with Crippen LogP contribution in [-0.2, 0) is 13.0 Å². The highest BCUT2D eigenvalue weighted by atomic mass is 16.4. The second kappa shape index (κ2) is 7.83. The van der Waals surface area contributed by atoms with Gasteiger partial charge in [0.2, 0.25) is 0 Å². The summed E-state index contributed by atoms with van der Waals surface area (Å²) in [4.78, 5) is 30.7. The molecule has 0 bridgehead atoms. The molecule has 2 aliphatic rings. The maximum absolute atomic E-state index is 12.5. The largest absolute Gasteiger partial charge is 0.508 e. The molecule has 0 aliphatic carbocycles. The number of carbonyl (C=O) groups is 1. The van der Waals surface area contributed by atoms with E-state index in [4.69, 9.17) is 4.42 Å². The van der Waals surface area contributed by atoms with Crippen LogP contribution in [0.2, 0.25) is 0 Å². The monoisotopic (exact) mass is 385 g/mol. The maximum atomic E-state index is 12.5. The minimum atomic E-state index is -0.408. The summed E-state index contributed by atoms with van der Waals surface area (Å²) in [5.74, 6) is 0.157. The van der Waals surface area contributed by atoms with Gasteiger partial charge in [-0.1, -0.05) is 6.92 Å². The van der Waals surface area contributed by atoms with Crippen molar-refractivity contribution in [3.63, 3.8) is 0 Å². The van der Waals surface area contributed by atoms with Gasteiger partial charge >= 0.3 is 11.7 Å². The number of phenols is 1. The van der Waals surface area contributed by atoms with Crippen LogP contribution >= 0.6 is 0 Å². The van der Waals surface area contributed by atoms with E-state index in [1.165, 1.54) is 6.07 Å². The Hall–Kier alpha value is -2.54. The molecule has 0 atom stereocenters. The van der Waals surface area contributed by atoms with E-state index in [0.29, 0.717) is 31.6 Å². The molecule has 2 saturated heterocycles. The lowest BCUT2D eigenvalue weighted by Gasteiger charge is -2.36. The summed E-state index contributed by atoms with van der Waals surface area (Å²) in [5, 5.41) is 10.9. The SMILES string of the molecule is CCc1cc2c(CN3CCN(C(=O)N4CCCC4)CC3)cc(=O)oc2cc1O. The van der Waals surface area contributed by atoms with Crippen LogP contribution in [0.15, 0.2) is 27.4 Å². The minimum absolute atomic E-state index is 0.157. The molecule has 0 radical (unpaired) electrons. The van der Waals surface area contributed by atoms with E-state index in [0.717, 1.165) is 55.5 Å². The molecular formula is C21H27N3O4. The van der Waals surface area contributed by atoms with E-state index in [9.17, 15) is 14.7 Å². The number of amides is 2. The molecule has 28 heavy (non-hydrogen) atoms. The Kier molecular flexibility index (Phi) is 5.26. The smallest absolute Gasteiger partial charge is 0.336 e. The predicted octanol–water partition coefficient (Wildman–Crippen LogP) is 2.39. The van der Waals surface area contributed by atoms with Crippen LogP contribution in [0.3, 0.4) is 0 Å². The number of likely N-dealkylation sites (tertiary alicyclic amines) is 1. The Labute approximate surface area is 164 Å². The van der Waals surface area contributed by atoms with E-state index in [2.05, 4.69) is 4.90 Å². The first-order chi connectivity index (χ1) is 13.5. The molecule has 3 heterocycles. The van der Waals surface area contributed by atoms with E-state index in [1.807, 2.05) is 22.8 Å². The van der Waals surface area contributed by atoms with Crippen LogP contribution in [0.1, 0.15) is 30.9 Å². The number of urea groups is 1. The molecule has 1 aromatic carbocycles. The molecule has 1 N–H and O–H groups in total. The Morgan fingerprint density at radius 2 is 1.68 bits per heavy atom. The van der Waals surface area contributed by atoms with Gasteiger partial charge < -0.3 is 19.3 Å². The highest BCUT2D eigenvalue weighted by Gasteiger charge is 2.27. The third-order valence-electron chi connectivity index (χ3n) is 5.82. The molecule has 150 valence electrons. The highest BCUT2D eigenvalue weighted by molar-refractivity contribution is 5.82. The van der Waals surface area contributed by atoms with Crippen molar-refractivity contribution in [3.05, 3.63) is 39.7 Å². The first-order valence-electron chi connectivity index (χ1n) is 10.1. The van der Waals surface area contributed by atoms with Crippen LogP contribution in [-0.4, -0.2) is 65.1 Å². The number of carbonyl (C=O) groups excluding carboxylic acids is 1. The molecule has 0 saturated carbocycles. The van der Waals surface area contributed by atoms with Crippen LogP contribution < -0.4 is 5.63 Å². The van der Waals surface area contributed by atoms with E-state index in [1.54, 1.807) is 6.07 Å². The summed E-state index contributed by atoms with van der Waals surface area (Å²) in [5.41, 5.74) is 1.75. The third-order valence-corrected chi connectivity index (χ3v) is 5.82. The zero-order valence-corrected chi connectivity index (χ0v) is 16.3. The first-order valence-corrected chi connectivity index (χ1v) is 10.1. The van der Waals surface area contributed by atoms with Crippen molar-refractivity contribution >= 4 is 17.0 Å². The van der Waals surface area contributed by atoms with Crippen LogP contribution in [0.5, 0.6) is 5.75 Å². The van der Waals surface area contributed by atoms with Crippen molar-refractivity contribution in [1.82, 2.24) is 14.7 Å². The average Bonchev–Trinajstić information content (AvgIpc) is 3.22. The molecule has 2 amide bonds. The average molecular weight is 385 g/mol. The summed E-state index contributed by atoms with van der Waals surface area (Å²) < 4.78 is 5.28. The number of benzene rings is 1. The number of rotatable bonds is 3. The molecule has 2 aliphatic heterocycles. The zero-order chi connectivity index (χ0) is 19.7.